The van der Waals surface area contributed by atoms with Crippen LogP contribution in [0.1, 0.15) is 31.1 Å². The normalized spacial score (nSPS) is 12.4. The maximum absolute atomic E-state index is 12.7. The maximum Gasteiger partial charge on any atom is 0.338 e. The lowest BCUT2D eigenvalue weighted by Gasteiger charge is -2.19. The Morgan fingerprint density at radius 3 is 2.31 bits per heavy atom. The molecule has 0 saturated carbocycles. The summed E-state index contributed by atoms with van der Waals surface area (Å²) >= 11 is 6.07. The topological polar surface area (TPSA) is 92.8 Å². The Morgan fingerprint density at radius 2 is 1.72 bits per heavy atom. The lowest BCUT2D eigenvalue weighted by molar-refractivity contribution is -0.123. The van der Waals surface area contributed by atoms with Crippen molar-refractivity contribution < 1.29 is 22.7 Å². The molecule has 0 bridgehead atoms. The number of hydrogen-bond acceptors (Lipinski definition) is 5. The molecule has 1 amide bonds. The van der Waals surface area contributed by atoms with Gasteiger partial charge in [-0.25, -0.2) is 13.2 Å². The van der Waals surface area contributed by atoms with Crippen LogP contribution >= 0.6 is 11.6 Å². The molecule has 0 radical (unpaired) electrons. The molecule has 0 fully saturated rings. The summed E-state index contributed by atoms with van der Waals surface area (Å²) in [7, 11) is -3.86. The van der Waals surface area contributed by atoms with Crippen molar-refractivity contribution in [1.29, 1.82) is 0 Å². The van der Waals surface area contributed by atoms with E-state index in [0.29, 0.717) is 5.69 Å². The molecule has 2 aromatic carbocycles. The molecule has 0 aliphatic carbocycles. The number of amides is 1. The smallest absolute Gasteiger partial charge is 0.338 e. The van der Waals surface area contributed by atoms with Crippen molar-refractivity contribution in [3.8, 4) is 0 Å². The van der Waals surface area contributed by atoms with Gasteiger partial charge in [0.2, 0.25) is 10.0 Å². The third-order valence-corrected chi connectivity index (χ3v) is 6.72. The van der Waals surface area contributed by atoms with Crippen LogP contribution in [0.5, 0.6) is 0 Å². The molecule has 0 spiro atoms. The zero-order valence-corrected chi connectivity index (χ0v) is 18.0. The number of para-hydroxylation sites is 1. The Labute approximate surface area is 175 Å². The summed E-state index contributed by atoms with van der Waals surface area (Å²) in [5.41, 5.74) is 0.555. The molecule has 0 saturated heterocycles. The van der Waals surface area contributed by atoms with Crippen LogP contribution in [0.2, 0.25) is 5.02 Å². The monoisotopic (exact) mass is 438 g/mol. The van der Waals surface area contributed by atoms with Crippen molar-refractivity contribution in [2.75, 3.05) is 18.4 Å². The second-order valence-corrected chi connectivity index (χ2v) is 8.45. The molecule has 0 aliphatic heterocycles. The highest BCUT2D eigenvalue weighted by atomic mass is 35.5. The van der Waals surface area contributed by atoms with E-state index in [1.165, 1.54) is 29.4 Å². The largest absolute Gasteiger partial charge is 0.449 e. The highest BCUT2D eigenvalue weighted by Gasteiger charge is 2.27. The summed E-state index contributed by atoms with van der Waals surface area (Å²) in [6, 6.07) is 12.6. The highest BCUT2D eigenvalue weighted by molar-refractivity contribution is 7.89. The quantitative estimate of drug-likeness (QED) is 0.636. The van der Waals surface area contributed by atoms with Crippen molar-refractivity contribution in [2.45, 2.75) is 31.8 Å². The minimum Gasteiger partial charge on any atom is -0.449 e. The number of nitrogens with zero attached hydrogens (tertiary/aromatic N) is 1. The molecule has 156 valence electrons. The summed E-state index contributed by atoms with van der Waals surface area (Å²) in [5, 5.41) is 2.64. The van der Waals surface area contributed by atoms with Crippen LogP contribution in [0, 0.1) is 0 Å². The van der Waals surface area contributed by atoms with E-state index >= 15 is 0 Å². The summed E-state index contributed by atoms with van der Waals surface area (Å²) in [6.07, 6.45) is -1.08. The van der Waals surface area contributed by atoms with Crippen molar-refractivity contribution in [2.24, 2.45) is 0 Å². The number of anilines is 1. The molecule has 0 aliphatic rings. The average molecular weight is 439 g/mol. The number of benzene rings is 2. The molecule has 1 atom stereocenters. The number of carbonyl (C=O) groups is 2. The first-order chi connectivity index (χ1) is 13.7. The standard InChI is InChI=1S/C20H23ClN2O5S/c1-4-23(5-2)29(26,27)18-13-15(11-12-17(18)21)20(25)28-14(3)19(24)22-16-9-7-6-8-10-16/h6-14H,4-5H2,1-3H3,(H,22,24)/t14-/m0/s1. The van der Waals surface area contributed by atoms with Gasteiger partial charge < -0.3 is 10.1 Å². The molecule has 2 aromatic rings. The molecule has 9 heteroatoms. The molecular weight excluding hydrogens is 416 g/mol. The Morgan fingerprint density at radius 1 is 1.10 bits per heavy atom. The second-order valence-electron chi connectivity index (χ2n) is 6.14. The fourth-order valence-corrected chi connectivity index (χ4v) is 4.54. The first kappa shape index (κ1) is 22.9. The third kappa shape index (κ3) is 5.56. The maximum atomic E-state index is 12.7. The van der Waals surface area contributed by atoms with Gasteiger partial charge in [0.05, 0.1) is 10.6 Å². The number of halogens is 1. The lowest BCUT2D eigenvalue weighted by Crippen LogP contribution is -2.31. The summed E-state index contributed by atoms with van der Waals surface area (Å²) in [5.74, 6) is -1.33. The molecule has 0 aromatic heterocycles. The number of hydrogen-bond donors (Lipinski definition) is 1. The molecule has 29 heavy (non-hydrogen) atoms. The first-order valence-electron chi connectivity index (χ1n) is 9.07. The van der Waals surface area contributed by atoms with Gasteiger partial charge in [0.25, 0.3) is 5.91 Å². The molecule has 7 nitrogen and oxygen atoms in total. The zero-order chi connectivity index (χ0) is 21.6. The lowest BCUT2D eigenvalue weighted by atomic mass is 10.2. The number of esters is 1. The predicted octanol–water partition coefficient (Wildman–Crippen LogP) is 3.55. The number of nitrogens with one attached hydrogen (secondary N) is 1. The van der Waals surface area contributed by atoms with E-state index in [4.69, 9.17) is 16.3 Å². The molecule has 0 heterocycles. The van der Waals surface area contributed by atoms with Crippen LogP contribution < -0.4 is 5.32 Å². The van der Waals surface area contributed by atoms with E-state index in [0.717, 1.165) is 0 Å². The molecule has 0 unspecified atom stereocenters. The predicted molar refractivity (Wildman–Crippen MR) is 112 cm³/mol. The summed E-state index contributed by atoms with van der Waals surface area (Å²) in [4.78, 5) is 24.5. The molecular formula is C20H23ClN2O5S. The van der Waals surface area contributed by atoms with Crippen molar-refractivity contribution >= 4 is 39.2 Å². The van der Waals surface area contributed by atoms with Gasteiger partial charge in [-0.1, -0.05) is 43.6 Å². The Balaban J connectivity index is 2.18. The highest BCUT2D eigenvalue weighted by Crippen LogP contribution is 2.26. The summed E-state index contributed by atoms with van der Waals surface area (Å²) in [6.45, 7) is 5.38. The fraction of sp³-hybridized carbons (Fsp3) is 0.300. The van der Waals surface area contributed by atoms with Gasteiger partial charge in [-0.15, -0.1) is 0 Å². The third-order valence-electron chi connectivity index (χ3n) is 4.18. The Hall–Kier alpha value is -2.42. The van der Waals surface area contributed by atoms with E-state index in [9.17, 15) is 18.0 Å². The van der Waals surface area contributed by atoms with E-state index < -0.39 is 28.0 Å². The van der Waals surface area contributed by atoms with Crippen LogP contribution in [0.15, 0.2) is 53.4 Å². The fourth-order valence-electron chi connectivity index (χ4n) is 2.58. The summed E-state index contributed by atoms with van der Waals surface area (Å²) < 4.78 is 31.9. The van der Waals surface area contributed by atoms with Crippen LogP contribution in [-0.2, 0) is 19.6 Å². The van der Waals surface area contributed by atoms with E-state index in [-0.39, 0.29) is 28.6 Å². The van der Waals surface area contributed by atoms with Crippen LogP contribution in [-0.4, -0.2) is 43.8 Å². The molecule has 2 rings (SSSR count). The SMILES string of the molecule is CCN(CC)S(=O)(=O)c1cc(C(=O)O[C@@H](C)C(=O)Nc2ccccc2)ccc1Cl. The minimum absolute atomic E-state index is 0.00307. The first-order valence-corrected chi connectivity index (χ1v) is 10.9. The van der Waals surface area contributed by atoms with Crippen molar-refractivity contribution in [1.82, 2.24) is 4.31 Å². The second kappa shape index (κ2) is 9.87. The molecule has 1 N–H and O–H groups in total. The number of rotatable bonds is 8. The minimum atomic E-state index is -3.86. The Kier molecular flexibility index (Phi) is 7.78. The van der Waals surface area contributed by atoms with Gasteiger partial charge in [0.1, 0.15) is 4.90 Å². The number of sulfonamides is 1. The Bertz CT molecular complexity index is 976. The van der Waals surface area contributed by atoms with Crippen LogP contribution in [0.4, 0.5) is 5.69 Å². The van der Waals surface area contributed by atoms with Gasteiger partial charge in [0, 0.05) is 18.8 Å². The van der Waals surface area contributed by atoms with Gasteiger partial charge in [-0.05, 0) is 37.3 Å². The van der Waals surface area contributed by atoms with E-state index in [2.05, 4.69) is 5.32 Å². The van der Waals surface area contributed by atoms with Gasteiger partial charge in [0.15, 0.2) is 6.10 Å². The van der Waals surface area contributed by atoms with Crippen LogP contribution in [0.25, 0.3) is 0 Å². The van der Waals surface area contributed by atoms with Crippen molar-refractivity contribution in [3.63, 3.8) is 0 Å². The zero-order valence-electron chi connectivity index (χ0n) is 16.4. The van der Waals surface area contributed by atoms with Gasteiger partial charge in [-0.2, -0.15) is 4.31 Å². The van der Waals surface area contributed by atoms with Gasteiger partial charge in [-0.3, -0.25) is 4.79 Å². The van der Waals surface area contributed by atoms with Crippen molar-refractivity contribution in [3.05, 3.63) is 59.1 Å². The number of ether oxygens (including phenoxy) is 1. The van der Waals surface area contributed by atoms with E-state index in [1.54, 1.807) is 38.1 Å². The van der Waals surface area contributed by atoms with Crippen LogP contribution in [0.3, 0.4) is 0 Å². The average Bonchev–Trinajstić information content (AvgIpc) is 2.69. The number of carbonyl (C=O) groups excluding carboxylic acids is 2. The van der Waals surface area contributed by atoms with Gasteiger partial charge >= 0.3 is 5.97 Å². The van der Waals surface area contributed by atoms with E-state index in [1.807, 2.05) is 6.07 Å².